The molecule has 0 radical (unpaired) electrons. The predicted molar refractivity (Wildman–Crippen MR) is 115 cm³/mol. The van der Waals surface area contributed by atoms with Crippen molar-refractivity contribution < 1.29 is 4.79 Å². The highest BCUT2D eigenvalue weighted by molar-refractivity contribution is 5.84. The van der Waals surface area contributed by atoms with Crippen molar-refractivity contribution in [2.75, 3.05) is 11.9 Å². The first-order valence-corrected chi connectivity index (χ1v) is 9.45. The number of fused-ring (bicyclic) bond motifs is 1. The number of aromatic nitrogens is 3. The summed E-state index contributed by atoms with van der Waals surface area (Å²) in [5, 5.41) is 7.03. The quantitative estimate of drug-likeness (QED) is 0.524. The molecule has 0 unspecified atom stereocenters. The minimum atomic E-state index is -0.00960. The normalized spacial score (nSPS) is 10.7. The van der Waals surface area contributed by atoms with E-state index in [2.05, 4.69) is 37.7 Å². The van der Waals surface area contributed by atoms with Crippen LogP contribution in [0.15, 0.2) is 73.2 Å². The Morgan fingerprint density at radius 2 is 1.76 bits per heavy atom. The molecular weight excluding hydrogens is 362 g/mol. The van der Waals surface area contributed by atoms with Gasteiger partial charge < -0.3 is 10.6 Å². The molecule has 6 heteroatoms. The van der Waals surface area contributed by atoms with Crippen molar-refractivity contribution in [1.82, 2.24) is 20.3 Å². The van der Waals surface area contributed by atoms with Gasteiger partial charge in [0.15, 0.2) is 0 Å². The monoisotopic (exact) mass is 383 g/mol. The number of pyridine rings is 1. The van der Waals surface area contributed by atoms with Gasteiger partial charge in [0.05, 0.1) is 5.52 Å². The second-order valence-corrected chi connectivity index (χ2v) is 6.76. The third-order valence-electron chi connectivity index (χ3n) is 4.59. The van der Waals surface area contributed by atoms with Crippen molar-refractivity contribution in [3.05, 3.63) is 78.8 Å². The van der Waals surface area contributed by atoms with E-state index in [-0.39, 0.29) is 5.91 Å². The fraction of sp³-hybridized carbons (Fsp3) is 0.130. The van der Waals surface area contributed by atoms with Crippen LogP contribution in [0, 0.1) is 0 Å². The third-order valence-corrected chi connectivity index (χ3v) is 4.59. The van der Waals surface area contributed by atoms with Crippen molar-refractivity contribution in [2.24, 2.45) is 0 Å². The number of benzene rings is 2. The van der Waals surface area contributed by atoms with Crippen molar-refractivity contribution in [3.8, 4) is 11.1 Å². The predicted octanol–water partition coefficient (Wildman–Crippen LogP) is 4.11. The second-order valence-electron chi connectivity index (χ2n) is 6.76. The van der Waals surface area contributed by atoms with E-state index in [1.165, 1.54) is 6.92 Å². The van der Waals surface area contributed by atoms with Crippen molar-refractivity contribution in [2.45, 2.75) is 13.3 Å². The fourth-order valence-electron chi connectivity index (χ4n) is 3.08. The zero-order chi connectivity index (χ0) is 20.1. The van der Waals surface area contributed by atoms with Crippen molar-refractivity contribution >= 4 is 28.4 Å². The van der Waals surface area contributed by atoms with E-state index in [9.17, 15) is 4.79 Å². The smallest absolute Gasteiger partial charge is 0.227 e. The molecule has 2 aromatic heterocycles. The molecule has 0 saturated heterocycles. The summed E-state index contributed by atoms with van der Waals surface area (Å²) >= 11 is 0. The van der Waals surface area contributed by atoms with E-state index in [1.807, 2.05) is 48.7 Å². The van der Waals surface area contributed by atoms with Crippen LogP contribution < -0.4 is 10.6 Å². The molecule has 1 amide bonds. The summed E-state index contributed by atoms with van der Waals surface area (Å²) in [6.07, 6.45) is 6.20. The molecule has 0 aliphatic heterocycles. The van der Waals surface area contributed by atoms with Gasteiger partial charge in [-0.1, -0.05) is 18.2 Å². The number of amides is 1. The van der Waals surface area contributed by atoms with Gasteiger partial charge in [-0.15, -0.1) is 0 Å². The Kier molecular flexibility index (Phi) is 5.42. The maximum Gasteiger partial charge on any atom is 0.227 e. The summed E-state index contributed by atoms with van der Waals surface area (Å²) in [4.78, 5) is 24.1. The van der Waals surface area contributed by atoms with Gasteiger partial charge in [0.2, 0.25) is 11.9 Å². The number of nitrogens with one attached hydrogen (secondary N) is 2. The summed E-state index contributed by atoms with van der Waals surface area (Å²) < 4.78 is 0. The first-order chi connectivity index (χ1) is 14.2. The number of anilines is 2. The van der Waals surface area contributed by atoms with E-state index in [1.54, 1.807) is 12.4 Å². The molecule has 0 spiro atoms. The van der Waals surface area contributed by atoms with Crippen LogP contribution >= 0.6 is 0 Å². The SMILES string of the molecule is CC(=O)NCCc1ccc(Nc2ncc3cc(-c4ccncc4)ccc3n2)cc1. The van der Waals surface area contributed by atoms with E-state index >= 15 is 0 Å². The summed E-state index contributed by atoms with van der Waals surface area (Å²) in [6.45, 7) is 2.16. The van der Waals surface area contributed by atoms with Crippen molar-refractivity contribution in [1.29, 1.82) is 0 Å². The Bertz CT molecular complexity index is 1130. The summed E-state index contributed by atoms with van der Waals surface area (Å²) in [5.74, 6) is 0.546. The molecule has 29 heavy (non-hydrogen) atoms. The zero-order valence-electron chi connectivity index (χ0n) is 16.1. The van der Waals surface area contributed by atoms with Gasteiger partial charge >= 0.3 is 0 Å². The number of carbonyl (C=O) groups is 1. The molecule has 2 N–H and O–H groups in total. The summed E-state index contributed by atoms with van der Waals surface area (Å²) in [5.41, 5.74) is 5.18. The lowest BCUT2D eigenvalue weighted by Gasteiger charge is -2.08. The average Bonchev–Trinajstić information content (AvgIpc) is 2.75. The number of hydrogen-bond donors (Lipinski definition) is 2. The molecule has 0 bridgehead atoms. The lowest BCUT2D eigenvalue weighted by atomic mass is 10.1. The number of rotatable bonds is 6. The summed E-state index contributed by atoms with van der Waals surface area (Å²) in [6, 6.07) is 18.2. The minimum Gasteiger partial charge on any atom is -0.356 e. The Morgan fingerprint density at radius 1 is 0.966 bits per heavy atom. The molecule has 2 aromatic carbocycles. The van der Waals surface area contributed by atoms with Crippen LogP contribution in [0.2, 0.25) is 0 Å². The van der Waals surface area contributed by atoms with Crippen LogP contribution in [-0.4, -0.2) is 27.4 Å². The first-order valence-electron chi connectivity index (χ1n) is 9.45. The van der Waals surface area contributed by atoms with Crippen LogP contribution in [-0.2, 0) is 11.2 Å². The molecule has 4 aromatic rings. The summed E-state index contributed by atoms with van der Waals surface area (Å²) in [7, 11) is 0. The zero-order valence-corrected chi connectivity index (χ0v) is 16.1. The van der Waals surface area contributed by atoms with E-state index in [0.717, 1.165) is 39.7 Å². The Morgan fingerprint density at radius 3 is 2.52 bits per heavy atom. The van der Waals surface area contributed by atoms with Gasteiger partial charge in [0, 0.05) is 43.1 Å². The lowest BCUT2D eigenvalue weighted by Crippen LogP contribution is -2.22. The van der Waals surface area contributed by atoms with Gasteiger partial charge in [-0.05, 0) is 59.5 Å². The van der Waals surface area contributed by atoms with Gasteiger partial charge in [-0.25, -0.2) is 9.97 Å². The van der Waals surface area contributed by atoms with Crippen LogP contribution in [0.25, 0.3) is 22.0 Å². The molecule has 0 saturated carbocycles. The third kappa shape index (κ3) is 4.73. The molecule has 6 nitrogen and oxygen atoms in total. The Labute approximate surface area is 169 Å². The van der Waals surface area contributed by atoms with E-state index < -0.39 is 0 Å². The number of nitrogens with zero attached hydrogens (tertiary/aromatic N) is 3. The molecular formula is C23H21N5O. The van der Waals surface area contributed by atoms with Gasteiger partial charge in [-0.2, -0.15) is 0 Å². The first kappa shape index (κ1) is 18.6. The molecule has 4 rings (SSSR count). The maximum atomic E-state index is 10.9. The van der Waals surface area contributed by atoms with Crippen molar-refractivity contribution in [3.63, 3.8) is 0 Å². The molecule has 0 aliphatic carbocycles. The molecule has 0 atom stereocenters. The Balaban J connectivity index is 1.46. The topological polar surface area (TPSA) is 79.8 Å². The van der Waals surface area contributed by atoms with Crippen LogP contribution in [0.3, 0.4) is 0 Å². The fourth-order valence-corrected chi connectivity index (χ4v) is 3.08. The van der Waals surface area contributed by atoms with E-state index in [4.69, 9.17) is 0 Å². The largest absolute Gasteiger partial charge is 0.356 e. The molecule has 0 fully saturated rings. The highest BCUT2D eigenvalue weighted by Gasteiger charge is 2.04. The number of carbonyl (C=O) groups excluding carboxylic acids is 1. The average molecular weight is 383 g/mol. The Hall–Kier alpha value is -3.80. The second kappa shape index (κ2) is 8.48. The van der Waals surface area contributed by atoms with Crippen LogP contribution in [0.5, 0.6) is 0 Å². The van der Waals surface area contributed by atoms with Gasteiger partial charge in [0.1, 0.15) is 0 Å². The van der Waals surface area contributed by atoms with E-state index in [0.29, 0.717) is 12.5 Å². The number of hydrogen-bond acceptors (Lipinski definition) is 5. The minimum absolute atomic E-state index is 0.00960. The van der Waals surface area contributed by atoms with Crippen LogP contribution in [0.4, 0.5) is 11.6 Å². The van der Waals surface area contributed by atoms with Gasteiger partial charge in [0.25, 0.3) is 0 Å². The molecule has 144 valence electrons. The standard InChI is InChI=1S/C23H21N5O/c1-16(29)25-13-8-17-2-5-21(6-3-17)27-23-26-15-20-14-19(4-7-22(20)28-23)18-9-11-24-12-10-18/h2-7,9-12,14-15H,8,13H2,1H3,(H,25,29)(H,26,27,28). The highest BCUT2D eigenvalue weighted by atomic mass is 16.1. The lowest BCUT2D eigenvalue weighted by molar-refractivity contribution is -0.118. The van der Waals surface area contributed by atoms with Crippen LogP contribution in [0.1, 0.15) is 12.5 Å². The highest BCUT2D eigenvalue weighted by Crippen LogP contribution is 2.24. The maximum absolute atomic E-state index is 10.9. The molecule has 2 heterocycles. The molecule has 0 aliphatic rings. The van der Waals surface area contributed by atoms with Gasteiger partial charge in [-0.3, -0.25) is 9.78 Å².